The summed E-state index contributed by atoms with van der Waals surface area (Å²) in [6.07, 6.45) is 0. The first-order chi connectivity index (χ1) is 8.08. The van der Waals surface area contributed by atoms with Gasteiger partial charge in [0.25, 0.3) is 0 Å². The molecule has 5 heteroatoms. The van der Waals surface area contributed by atoms with E-state index in [2.05, 4.69) is 23.8 Å². The Balaban J connectivity index is 0.00000162. The van der Waals surface area contributed by atoms with Gasteiger partial charge in [-0.25, -0.2) is 9.97 Å². The van der Waals surface area contributed by atoms with E-state index in [9.17, 15) is 0 Å². The van der Waals surface area contributed by atoms with Gasteiger partial charge in [0.15, 0.2) is 5.82 Å². The zero-order valence-corrected chi connectivity index (χ0v) is 12.4. The Labute approximate surface area is 123 Å². The first kappa shape index (κ1) is 15.2. The van der Waals surface area contributed by atoms with E-state index >= 15 is 0 Å². The van der Waals surface area contributed by atoms with Crippen LogP contribution in [0.2, 0.25) is 10.2 Å². The standard InChI is InChI=1S/C13H12Cl2N2.ClH/c1-8(2)11-7-12(15)17-13(16-11)9-5-3-4-6-10(9)14;/h3-8H,1-2H3;1H. The smallest absolute Gasteiger partial charge is 0.162 e. The fourth-order valence-corrected chi connectivity index (χ4v) is 1.91. The summed E-state index contributed by atoms with van der Waals surface area (Å²) < 4.78 is 0. The van der Waals surface area contributed by atoms with Crippen molar-refractivity contribution in [3.8, 4) is 11.4 Å². The normalized spacial score (nSPS) is 10.3. The summed E-state index contributed by atoms with van der Waals surface area (Å²) in [4.78, 5) is 8.70. The predicted octanol–water partition coefficient (Wildman–Crippen LogP) is 5.00. The summed E-state index contributed by atoms with van der Waals surface area (Å²) in [7, 11) is 0. The lowest BCUT2D eigenvalue weighted by Gasteiger charge is -2.08. The van der Waals surface area contributed by atoms with Crippen LogP contribution < -0.4 is 0 Å². The van der Waals surface area contributed by atoms with Gasteiger partial charge in [-0.3, -0.25) is 0 Å². The van der Waals surface area contributed by atoms with Gasteiger partial charge in [0.2, 0.25) is 0 Å². The molecule has 0 aliphatic carbocycles. The first-order valence-electron chi connectivity index (χ1n) is 5.37. The van der Waals surface area contributed by atoms with E-state index in [0.717, 1.165) is 11.3 Å². The summed E-state index contributed by atoms with van der Waals surface area (Å²) in [5.74, 6) is 0.878. The molecule has 0 unspecified atom stereocenters. The third kappa shape index (κ3) is 3.35. The zero-order chi connectivity index (χ0) is 12.4. The Bertz CT molecular complexity index is 542. The number of nitrogens with zero attached hydrogens (tertiary/aromatic N) is 2. The molecule has 1 aromatic heterocycles. The van der Waals surface area contributed by atoms with Crippen LogP contribution in [-0.2, 0) is 0 Å². The molecule has 0 spiro atoms. The topological polar surface area (TPSA) is 25.8 Å². The molecule has 1 aromatic carbocycles. The van der Waals surface area contributed by atoms with Crippen LogP contribution in [0.5, 0.6) is 0 Å². The van der Waals surface area contributed by atoms with Crippen LogP contribution in [0, 0.1) is 0 Å². The van der Waals surface area contributed by atoms with Gasteiger partial charge in [0.05, 0.1) is 5.02 Å². The Kier molecular flexibility index (Phi) is 5.39. The second-order valence-electron chi connectivity index (χ2n) is 4.07. The van der Waals surface area contributed by atoms with Crippen LogP contribution in [0.3, 0.4) is 0 Å². The van der Waals surface area contributed by atoms with Crippen molar-refractivity contribution in [1.29, 1.82) is 0 Å². The van der Waals surface area contributed by atoms with Crippen LogP contribution in [0.15, 0.2) is 30.3 Å². The van der Waals surface area contributed by atoms with Crippen molar-refractivity contribution >= 4 is 35.6 Å². The third-order valence-corrected chi connectivity index (χ3v) is 2.94. The zero-order valence-electron chi connectivity index (χ0n) is 10.0. The lowest BCUT2D eigenvalue weighted by molar-refractivity contribution is 0.817. The van der Waals surface area contributed by atoms with Crippen molar-refractivity contribution in [3.05, 3.63) is 46.2 Å². The lowest BCUT2D eigenvalue weighted by atomic mass is 10.1. The maximum Gasteiger partial charge on any atom is 0.162 e. The minimum absolute atomic E-state index is 0. The molecule has 0 bridgehead atoms. The van der Waals surface area contributed by atoms with E-state index in [1.807, 2.05) is 24.3 Å². The minimum Gasteiger partial charge on any atom is -0.233 e. The molecule has 0 amide bonds. The monoisotopic (exact) mass is 302 g/mol. The van der Waals surface area contributed by atoms with E-state index in [1.165, 1.54) is 0 Å². The number of benzene rings is 1. The molecular weight excluding hydrogens is 291 g/mol. The highest BCUT2D eigenvalue weighted by molar-refractivity contribution is 6.33. The molecule has 0 N–H and O–H groups in total. The minimum atomic E-state index is 0. The molecule has 0 atom stereocenters. The number of aromatic nitrogens is 2. The van der Waals surface area contributed by atoms with Crippen LogP contribution in [0.4, 0.5) is 0 Å². The van der Waals surface area contributed by atoms with Crippen molar-refractivity contribution in [3.63, 3.8) is 0 Å². The molecule has 1 heterocycles. The van der Waals surface area contributed by atoms with E-state index in [4.69, 9.17) is 23.2 Å². The fourth-order valence-electron chi connectivity index (χ4n) is 1.49. The molecular formula is C13H13Cl3N2. The van der Waals surface area contributed by atoms with Crippen molar-refractivity contribution in [2.75, 3.05) is 0 Å². The highest BCUT2D eigenvalue weighted by atomic mass is 35.5. The maximum atomic E-state index is 6.12. The molecule has 0 radical (unpaired) electrons. The van der Waals surface area contributed by atoms with Crippen LogP contribution in [0.25, 0.3) is 11.4 Å². The molecule has 2 rings (SSSR count). The van der Waals surface area contributed by atoms with Crippen molar-refractivity contribution < 1.29 is 0 Å². The van der Waals surface area contributed by atoms with Crippen molar-refractivity contribution in [2.24, 2.45) is 0 Å². The molecule has 96 valence electrons. The van der Waals surface area contributed by atoms with Crippen molar-refractivity contribution in [2.45, 2.75) is 19.8 Å². The van der Waals surface area contributed by atoms with Gasteiger partial charge in [-0.2, -0.15) is 0 Å². The van der Waals surface area contributed by atoms with E-state index in [-0.39, 0.29) is 12.4 Å². The molecule has 0 aliphatic rings. The summed E-state index contributed by atoms with van der Waals surface area (Å²) >= 11 is 12.1. The number of halogens is 3. The SMILES string of the molecule is CC(C)c1cc(Cl)nc(-c2ccccc2Cl)n1.Cl. The predicted molar refractivity (Wildman–Crippen MR) is 78.8 cm³/mol. The molecule has 2 nitrogen and oxygen atoms in total. The van der Waals surface area contributed by atoms with Gasteiger partial charge >= 0.3 is 0 Å². The molecule has 0 aliphatic heterocycles. The highest BCUT2D eigenvalue weighted by Crippen LogP contribution is 2.27. The third-order valence-electron chi connectivity index (χ3n) is 2.42. The van der Waals surface area contributed by atoms with Gasteiger partial charge < -0.3 is 0 Å². The van der Waals surface area contributed by atoms with E-state index in [1.54, 1.807) is 6.07 Å². The Morgan fingerprint density at radius 1 is 1.06 bits per heavy atom. The van der Waals surface area contributed by atoms with Crippen LogP contribution in [0.1, 0.15) is 25.5 Å². The molecule has 2 aromatic rings. The second-order valence-corrected chi connectivity index (χ2v) is 4.87. The second kappa shape index (κ2) is 6.37. The lowest BCUT2D eigenvalue weighted by Crippen LogP contribution is -1.98. The van der Waals surface area contributed by atoms with Gasteiger partial charge in [-0.05, 0) is 24.1 Å². The van der Waals surface area contributed by atoms with Gasteiger partial charge in [0.1, 0.15) is 5.15 Å². The Hall–Kier alpha value is -0.830. The van der Waals surface area contributed by atoms with Crippen LogP contribution >= 0.6 is 35.6 Å². The highest BCUT2D eigenvalue weighted by Gasteiger charge is 2.10. The molecule has 0 saturated carbocycles. The van der Waals surface area contributed by atoms with E-state index in [0.29, 0.717) is 21.9 Å². The summed E-state index contributed by atoms with van der Waals surface area (Å²) in [6.45, 7) is 4.13. The van der Waals surface area contributed by atoms with Gasteiger partial charge in [-0.1, -0.05) is 49.2 Å². The molecule has 0 fully saturated rings. The molecule has 0 saturated heterocycles. The van der Waals surface area contributed by atoms with E-state index < -0.39 is 0 Å². The quantitative estimate of drug-likeness (QED) is 0.730. The van der Waals surface area contributed by atoms with Crippen LogP contribution in [-0.4, -0.2) is 9.97 Å². The summed E-state index contributed by atoms with van der Waals surface area (Å²) in [5.41, 5.74) is 1.72. The Morgan fingerprint density at radius 2 is 1.72 bits per heavy atom. The largest absolute Gasteiger partial charge is 0.233 e. The average molecular weight is 304 g/mol. The fraction of sp³-hybridized carbons (Fsp3) is 0.231. The van der Waals surface area contributed by atoms with Gasteiger partial charge in [0, 0.05) is 11.3 Å². The van der Waals surface area contributed by atoms with Gasteiger partial charge in [-0.15, -0.1) is 12.4 Å². The number of rotatable bonds is 2. The first-order valence-corrected chi connectivity index (χ1v) is 6.13. The average Bonchev–Trinajstić information content (AvgIpc) is 2.28. The summed E-state index contributed by atoms with van der Waals surface area (Å²) in [6, 6.07) is 9.27. The Morgan fingerprint density at radius 3 is 2.33 bits per heavy atom. The number of hydrogen-bond donors (Lipinski definition) is 0. The van der Waals surface area contributed by atoms with Crippen molar-refractivity contribution in [1.82, 2.24) is 9.97 Å². The number of hydrogen-bond acceptors (Lipinski definition) is 2. The maximum absolute atomic E-state index is 6.12. The summed E-state index contributed by atoms with van der Waals surface area (Å²) in [5, 5.41) is 1.07. The molecule has 18 heavy (non-hydrogen) atoms.